The molecule has 0 aliphatic carbocycles. The van der Waals surface area contributed by atoms with E-state index in [2.05, 4.69) is 14.4 Å². The summed E-state index contributed by atoms with van der Waals surface area (Å²) in [6, 6.07) is 7.96. The summed E-state index contributed by atoms with van der Waals surface area (Å²) in [5.74, 6) is 0.293. The molecule has 6 nitrogen and oxygen atoms in total. The predicted octanol–water partition coefficient (Wildman–Crippen LogP) is 2.55. The highest BCUT2D eigenvalue weighted by Crippen LogP contribution is 2.18. The predicted molar refractivity (Wildman–Crippen MR) is 103 cm³/mol. The van der Waals surface area contributed by atoms with Crippen LogP contribution in [-0.2, 0) is 11.5 Å². The van der Waals surface area contributed by atoms with Crippen LogP contribution in [0.1, 0.15) is 19.3 Å². The number of nitrogens with zero attached hydrogens (tertiary/aromatic N) is 4. The maximum absolute atomic E-state index is 12.4. The topological polar surface area (TPSA) is 44.9 Å². The number of carbonyl (C=O) groups is 1. The summed E-state index contributed by atoms with van der Waals surface area (Å²) >= 11 is 5.38. The van der Waals surface area contributed by atoms with E-state index in [1.165, 1.54) is 6.42 Å². The fourth-order valence-electron chi connectivity index (χ4n) is 3.87. The van der Waals surface area contributed by atoms with Gasteiger partial charge in [-0.05, 0) is 43.6 Å². The number of hydrogen-bond acceptors (Lipinski definition) is 5. The van der Waals surface area contributed by atoms with Gasteiger partial charge in [-0.2, -0.15) is 0 Å². The van der Waals surface area contributed by atoms with Gasteiger partial charge in [0, 0.05) is 39.3 Å². The Kier molecular flexibility index (Phi) is 5.38. The first-order valence-electron chi connectivity index (χ1n) is 9.51. The molecule has 2 aliphatic rings. The maximum Gasteiger partial charge on any atom is 0.270 e. The van der Waals surface area contributed by atoms with Crippen LogP contribution in [-0.4, -0.2) is 71.0 Å². The maximum atomic E-state index is 12.4. The number of aromatic nitrogens is 1. The molecule has 7 heteroatoms. The van der Waals surface area contributed by atoms with Crippen molar-refractivity contribution in [3.63, 3.8) is 0 Å². The van der Waals surface area contributed by atoms with Crippen molar-refractivity contribution >= 4 is 29.2 Å². The summed E-state index contributed by atoms with van der Waals surface area (Å²) in [5, 5.41) is 0. The zero-order valence-corrected chi connectivity index (χ0v) is 15.9. The van der Waals surface area contributed by atoms with Gasteiger partial charge in [-0.3, -0.25) is 19.2 Å². The molecule has 0 radical (unpaired) electrons. The Morgan fingerprint density at radius 3 is 2.42 bits per heavy atom. The molecule has 3 heterocycles. The third kappa shape index (κ3) is 3.84. The number of piperidine rings is 1. The lowest BCUT2D eigenvalue weighted by molar-refractivity contribution is -0.133. The van der Waals surface area contributed by atoms with Crippen molar-refractivity contribution in [2.24, 2.45) is 0 Å². The highest BCUT2D eigenvalue weighted by atomic mass is 32.1. The third-order valence-corrected chi connectivity index (χ3v) is 5.75. The van der Waals surface area contributed by atoms with Crippen molar-refractivity contribution in [3.05, 3.63) is 29.1 Å². The molecule has 0 unspecified atom stereocenters. The molecule has 1 aromatic heterocycles. The molecule has 0 saturated carbocycles. The fourth-order valence-corrected chi connectivity index (χ4v) is 4.12. The van der Waals surface area contributed by atoms with Gasteiger partial charge in [0.2, 0.25) is 5.91 Å². The van der Waals surface area contributed by atoms with Gasteiger partial charge in [0.25, 0.3) is 4.84 Å². The van der Waals surface area contributed by atoms with Gasteiger partial charge in [0.1, 0.15) is 0 Å². The highest BCUT2D eigenvalue weighted by molar-refractivity contribution is 7.71. The van der Waals surface area contributed by atoms with Gasteiger partial charge in [-0.25, -0.2) is 0 Å². The van der Waals surface area contributed by atoms with Crippen LogP contribution in [0.4, 0.5) is 0 Å². The van der Waals surface area contributed by atoms with Crippen molar-refractivity contribution in [2.45, 2.75) is 25.9 Å². The Labute approximate surface area is 159 Å². The Bertz CT molecular complexity index is 816. The van der Waals surface area contributed by atoms with E-state index in [0.29, 0.717) is 17.3 Å². The second kappa shape index (κ2) is 7.90. The molecule has 2 aliphatic heterocycles. The van der Waals surface area contributed by atoms with E-state index in [1.54, 1.807) is 0 Å². The molecule has 0 atom stereocenters. The summed E-state index contributed by atoms with van der Waals surface area (Å²) in [6.45, 7) is 6.88. The first kappa shape index (κ1) is 17.7. The molecule has 1 aromatic carbocycles. The van der Waals surface area contributed by atoms with Crippen molar-refractivity contribution in [3.8, 4) is 0 Å². The van der Waals surface area contributed by atoms with Gasteiger partial charge in [0.05, 0.1) is 18.7 Å². The smallest absolute Gasteiger partial charge is 0.270 e. The van der Waals surface area contributed by atoms with E-state index in [9.17, 15) is 4.79 Å². The molecule has 0 N–H and O–H groups in total. The first-order valence-corrected chi connectivity index (χ1v) is 9.92. The lowest BCUT2D eigenvalue weighted by Crippen LogP contribution is -2.50. The fraction of sp³-hybridized carbons (Fsp3) is 0.579. The van der Waals surface area contributed by atoms with Gasteiger partial charge >= 0.3 is 0 Å². The van der Waals surface area contributed by atoms with E-state index in [0.717, 1.165) is 69.9 Å². The van der Waals surface area contributed by atoms with Crippen LogP contribution in [0.3, 0.4) is 0 Å². The zero-order valence-electron chi connectivity index (χ0n) is 15.1. The Morgan fingerprint density at radius 2 is 1.65 bits per heavy atom. The van der Waals surface area contributed by atoms with E-state index < -0.39 is 0 Å². The van der Waals surface area contributed by atoms with Crippen LogP contribution in [0, 0.1) is 4.84 Å². The van der Waals surface area contributed by atoms with Crippen molar-refractivity contribution in [2.75, 3.05) is 45.8 Å². The summed E-state index contributed by atoms with van der Waals surface area (Å²) in [4.78, 5) is 19.6. The van der Waals surface area contributed by atoms with Crippen LogP contribution in [0.25, 0.3) is 11.1 Å². The second-order valence-electron chi connectivity index (χ2n) is 7.24. The quantitative estimate of drug-likeness (QED) is 0.770. The van der Waals surface area contributed by atoms with Crippen molar-refractivity contribution in [1.29, 1.82) is 0 Å². The number of fused-ring (bicyclic) bond motifs is 1. The number of benzene rings is 1. The Morgan fingerprint density at radius 1 is 0.962 bits per heavy atom. The van der Waals surface area contributed by atoms with Gasteiger partial charge in [-0.1, -0.05) is 12.1 Å². The molecule has 0 spiro atoms. The van der Waals surface area contributed by atoms with Crippen molar-refractivity contribution < 1.29 is 9.21 Å². The minimum Gasteiger partial charge on any atom is -0.429 e. The molecular weight excluding hydrogens is 348 g/mol. The molecule has 1 amide bonds. The van der Waals surface area contributed by atoms with Crippen LogP contribution >= 0.6 is 12.2 Å². The number of likely N-dealkylation sites (tertiary alicyclic amines) is 1. The number of hydrogen-bond donors (Lipinski definition) is 0. The summed E-state index contributed by atoms with van der Waals surface area (Å²) in [7, 11) is 0. The average Bonchev–Trinajstić information content (AvgIpc) is 2.99. The number of rotatable bonds is 4. The minimum absolute atomic E-state index is 0.293. The average molecular weight is 375 g/mol. The molecule has 2 aromatic rings. The molecule has 26 heavy (non-hydrogen) atoms. The lowest BCUT2D eigenvalue weighted by atomic mass is 10.1. The van der Waals surface area contributed by atoms with Crippen molar-refractivity contribution in [1.82, 2.24) is 19.3 Å². The largest absolute Gasteiger partial charge is 0.429 e. The minimum atomic E-state index is 0.293. The first-order chi connectivity index (χ1) is 12.7. The van der Waals surface area contributed by atoms with Crippen LogP contribution in [0.15, 0.2) is 28.7 Å². The van der Waals surface area contributed by atoms with Crippen LogP contribution in [0.2, 0.25) is 0 Å². The molecule has 0 bridgehead atoms. The highest BCUT2D eigenvalue weighted by Gasteiger charge is 2.23. The van der Waals surface area contributed by atoms with Gasteiger partial charge in [0.15, 0.2) is 5.58 Å². The van der Waals surface area contributed by atoms with Crippen LogP contribution < -0.4 is 0 Å². The van der Waals surface area contributed by atoms with E-state index in [4.69, 9.17) is 16.6 Å². The SMILES string of the molecule is O=C(CN1CCN(Cn2c(=S)oc3ccccc32)CC1)N1CCCCC1. The monoisotopic (exact) mass is 374 g/mol. The number of amides is 1. The normalized spacial score (nSPS) is 19.9. The number of piperazine rings is 1. The third-order valence-electron chi connectivity index (χ3n) is 5.45. The Balaban J connectivity index is 1.31. The molecule has 2 saturated heterocycles. The summed E-state index contributed by atoms with van der Waals surface area (Å²) in [5.41, 5.74) is 1.88. The molecule has 2 fully saturated rings. The number of carbonyl (C=O) groups excluding carboxylic acids is 1. The lowest BCUT2D eigenvalue weighted by Gasteiger charge is -2.36. The van der Waals surface area contributed by atoms with Crippen LogP contribution in [0.5, 0.6) is 0 Å². The van der Waals surface area contributed by atoms with Gasteiger partial charge in [-0.15, -0.1) is 0 Å². The second-order valence-corrected chi connectivity index (χ2v) is 7.59. The number of para-hydroxylation sites is 2. The van der Waals surface area contributed by atoms with Gasteiger partial charge < -0.3 is 9.32 Å². The summed E-state index contributed by atoms with van der Waals surface area (Å²) < 4.78 is 7.73. The molecule has 140 valence electrons. The molecule has 4 rings (SSSR count). The van der Waals surface area contributed by atoms with E-state index in [-0.39, 0.29) is 0 Å². The summed E-state index contributed by atoms with van der Waals surface area (Å²) in [6.07, 6.45) is 3.56. The van der Waals surface area contributed by atoms with E-state index in [1.807, 2.05) is 29.2 Å². The standard InChI is InChI=1S/C19H26N4O2S/c24-18(22-8-4-1-5-9-22)14-20-10-12-21(13-11-20)15-23-16-6-2-3-7-17(16)25-19(23)26/h2-3,6-7H,1,4-5,8-15H2. The van der Waals surface area contributed by atoms with E-state index >= 15 is 0 Å². The Hall–Kier alpha value is -1.70. The molecular formula is C19H26N4O2S. The number of oxazole rings is 1. The zero-order chi connectivity index (χ0) is 17.9.